The first kappa shape index (κ1) is 15.6. The van der Waals surface area contributed by atoms with E-state index in [1.165, 1.54) is 7.11 Å². The van der Waals surface area contributed by atoms with Crippen LogP contribution in [-0.4, -0.2) is 43.4 Å². The van der Waals surface area contributed by atoms with Crippen LogP contribution in [-0.2, 0) is 18.9 Å². The largest absolute Gasteiger partial charge is 0.387 e. The summed E-state index contributed by atoms with van der Waals surface area (Å²) in [5.41, 5.74) is 0.960. The molecule has 5 heteroatoms. The van der Waals surface area contributed by atoms with E-state index in [2.05, 4.69) is 6.58 Å². The molecule has 2 heterocycles. The summed E-state index contributed by atoms with van der Waals surface area (Å²) in [6.45, 7) is 4.18. The molecule has 0 aliphatic carbocycles. The van der Waals surface area contributed by atoms with Gasteiger partial charge in [-0.3, -0.25) is 0 Å². The summed E-state index contributed by atoms with van der Waals surface area (Å²) in [5.74, 6) is -0.128. The molecule has 1 N–H and O–H groups in total. The molecule has 6 atom stereocenters. The Hall–Kier alpha value is -1.24. The molecule has 2 aliphatic rings. The molecule has 0 bridgehead atoms. The smallest absolute Gasteiger partial charge is 0.184 e. The number of allylic oxidation sites excluding steroid dienone is 1. The maximum Gasteiger partial charge on any atom is 0.184 e. The molecule has 120 valence electrons. The molecule has 3 rings (SSSR count). The molecule has 0 amide bonds. The number of fused-ring (bicyclic) bond motifs is 1. The standard InChI is InChI=1S/C17H22O5/c1-3-7-12-14(18)17(19-2)21-13-10-20-16(22-15(12)13)11-8-5-4-6-9-11/h3-6,8-9,12-18H,1,7,10H2,2H3/t12-,13-,14-,15+,16-,17+/m1/s1. The summed E-state index contributed by atoms with van der Waals surface area (Å²) in [5, 5.41) is 10.4. The van der Waals surface area contributed by atoms with Gasteiger partial charge < -0.3 is 24.1 Å². The van der Waals surface area contributed by atoms with Crippen LogP contribution in [0.25, 0.3) is 0 Å². The summed E-state index contributed by atoms with van der Waals surface area (Å²) < 4.78 is 22.9. The molecule has 0 aromatic heterocycles. The van der Waals surface area contributed by atoms with Crippen LogP contribution in [0.15, 0.2) is 43.0 Å². The van der Waals surface area contributed by atoms with Crippen LogP contribution in [0.3, 0.4) is 0 Å². The van der Waals surface area contributed by atoms with Gasteiger partial charge in [0.15, 0.2) is 12.6 Å². The zero-order valence-corrected chi connectivity index (χ0v) is 12.6. The predicted octanol–water partition coefficient (Wildman–Crippen LogP) is 2.03. The molecule has 2 aliphatic heterocycles. The lowest BCUT2D eigenvalue weighted by atomic mass is 9.85. The first-order valence-corrected chi connectivity index (χ1v) is 7.54. The van der Waals surface area contributed by atoms with Gasteiger partial charge in [0.05, 0.1) is 12.7 Å². The van der Waals surface area contributed by atoms with E-state index in [9.17, 15) is 5.11 Å². The van der Waals surface area contributed by atoms with Gasteiger partial charge in [-0.2, -0.15) is 0 Å². The molecule has 5 nitrogen and oxygen atoms in total. The second kappa shape index (κ2) is 6.89. The van der Waals surface area contributed by atoms with Crippen LogP contribution in [0.5, 0.6) is 0 Å². The van der Waals surface area contributed by atoms with Crippen molar-refractivity contribution in [3.8, 4) is 0 Å². The molecule has 0 unspecified atom stereocenters. The summed E-state index contributed by atoms with van der Waals surface area (Å²) in [6, 6.07) is 9.77. The average molecular weight is 306 g/mol. The first-order valence-electron chi connectivity index (χ1n) is 7.54. The highest BCUT2D eigenvalue weighted by Crippen LogP contribution is 2.38. The number of aliphatic hydroxyl groups excluding tert-OH is 1. The lowest BCUT2D eigenvalue weighted by Gasteiger charge is -2.47. The zero-order chi connectivity index (χ0) is 15.5. The van der Waals surface area contributed by atoms with Gasteiger partial charge in [0.1, 0.15) is 12.2 Å². The molecular formula is C17H22O5. The Morgan fingerprint density at radius 2 is 2.09 bits per heavy atom. The van der Waals surface area contributed by atoms with E-state index in [0.717, 1.165) is 5.56 Å². The fourth-order valence-corrected chi connectivity index (χ4v) is 3.13. The summed E-state index contributed by atoms with van der Waals surface area (Å²) in [6.07, 6.45) is 0.0681. The number of methoxy groups -OCH3 is 1. The van der Waals surface area contributed by atoms with Crippen LogP contribution in [0.2, 0.25) is 0 Å². The normalized spacial score (nSPS) is 38.3. The Morgan fingerprint density at radius 1 is 1.32 bits per heavy atom. The number of aliphatic hydroxyl groups is 1. The van der Waals surface area contributed by atoms with Crippen molar-refractivity contribution in [3.05, 3.63) is 48.6 Å². The Labute approximate surface area is 130 Å². The molecule has 22 heavy (non-hydrogen) atoms. The lowest BCUT2D eigenvalue weighted by Crippen LogP contribution is -2.59. The van der Waals surface area contributed by atoms with Gasteiger partial charge >= 0.3 is 0 Å². The third kappa shape index (κ3) is 2.95. The Bertz CT molecular complexity index is 491. The van der Waals surface area contributed by atoms with E-state index in [4.69, 9.17) is 18.9 Å². The second-order valence-electron chi connectivity index (χ2n) is 5.63. The van der Waals surface area contributed by atoms with Crippen molar-refractivity contribution in [3.63, 3.8) is 0 Å². The minimum absolute atomic E-state index is 0.128. The minimum atomic E-state index is -0.751. The van der Waals surface area contributed by atoms with Gasteiger partial charge in [-0.1, -0.05) is 36.4 Å². The van der Waals surface area contributed by atoms with Crippen molar-refractivity contribution in [2.45, 2.75) is 37.3 Å². The van der Waals surface area contributed by atoms with Crippen molar-refractivity contribution in [1.29, 1.82) is 0 Å². The molecule has 1 aromatic rings. The van der Waals surface area contributed by atoms with Crippen LogP contribution in [0.1, 0.15) is 18.3 Å². The molecular weight excluding hydrogens is 284 g/mol. The first-order chi connectivity index (χ1) is 10.7. The van der Waals surface area contributed by atoms with Gasteiger partial charge in [0.2, 0.25) is 0 Å². The molecule has 2 saturated heterocycles. The van der Waals surface area contributed by atoms with E-state index in [1.807, 2.05) is 30.3 Å². The van der Waals surface area contributed by atoms with E-state index in [-0.39, 0.29) is 18.1 Å². The third-order valence-electron chi connectivity index (χ3n) is 4.25. The van der Waals surface area contributed by atoms with Crippen molar-refractivity contribution < 1.29 is 24.1 Å². The van der Waals surface area contributed by atoms with Gasteiger partial charge in [-0.15, -0.1) is 6.58 Å². The quantitative estimate of drug-likeness (QED) is 0.863. The highest BCUT2D eigenvalue weighted by molar-refractivity contribution is 5.16. The van der Waals surface area contributed by atoms with Crippen molar-refractivity contribution in [2.75, 3.05) is 13.7 Å². The Morgan fingerprint density at radius 3 is 2.77 bits per heavy atom. The van der Waals surface area contributed by atoms with Gasteiger partial charge in [-0.05, 0) is 6.42 Å². The van der Waals surface area contributed by atoms with Crippen LogP contribution >= 0.6 is 0 Å². The second-order valence-corrected chi connectivity index (χ2v) is 5.63. The van der Waals surface area contributed by atoms with Crippen molar-refractivity contribution in [2.24, 2.45) is 5.92 Å². The third-order valence-corrected chi connectivity index (χ3v) is 4.25. The Kier molecular flexibility index (Phi) is 4.90. The number of hydrogen-bond acceptors (Lipinski definition) is 5. The van der Waals surface area contributed by atoms with Crippen LogP contribution < -0.4 is 0 Å². The average Bonchev–Trinajstić information content (AvgIpc) is 2.57. The monoisotopic (exact) mass is 306 g/mol. The zero-order valence-electron chi connectivity index (χ0n) is 12.6. The topological polar surface area (TPSA) is 57.2 Å². The fourth-order valence-electron chi connectivity index (χ4n) is 3.13. The maximum atomic E-state index is 10.4. The number of ether oxygens (including phenoxy) is 4. The van der Waals surface area contributed by atoms with E-state index >= 15 is 0 Å². The minimum Gasteiger partial charge on any atom is -0.387 e. The van der Waals surface area contributed by atoms with Gasteiger partial charge in [0, 0.05) is 18.6 Å². The van der Waals surface area contributed by atoms with Crippen molar-refractivity contribution >= 4 is 0 Å². The van der Waals surface area contributed by atoms with Crippen molar-refractivity contribution in [1.82, 2.24) is 0 Å². The summed E-state index contributed by atoms with van der Waals surface area (Å²) >= 11 is 0. The lowest BCUT2D eigenvalue weighted by molar-refractivity contribution is -0.350. The fraction of sp³-hybridized carbons (Fsp3) is 0.529. The SMILES string of the molecule is C=CC[C@@H]1[C@@H](O)[C@@H](OC)O[C@@H]2CO[C@@H](c3ccccc3)O[C@@H]12. The summed E-state index contributed by atoms with van der Waals surface area (Å²) in [4.78, 5) is 0. The molecule has 2 fully saturated rings. The molecule has 0 spiro atoms. The predicted molar refractivity (Wildman–Crippen MR) is 80.0 cm³/mol. The van der Waals surface area contributed by atoms with E-state index in [1.54, 1.807) is 6.08 Å². The van der Waals surface area contributed by atoms with E-state index < -0.39 is 18.7 Å². The molecule has 1 aromatic carbocycles. The van der Waals surface area contributed by atoms with Crippen LogP contribution in [0, 0.1) is 5.92 Å². The number of rotatable bonds is 4. The van der Waals surface area contributed by atoms with Gasteiger partial charge in [0.25, 0.3) is 0 Å². The maximum absolute atomic E-state index is 10.4. The van der Waals surface area contributed by atoms with Crippen LogP contribution in [0.4, 0.5) is 0 Å². The highest BCUT2D eigenvalue weighted by atomic mass is 16.7. The summed E-state index contributed by atoms with van der Waals surface area (Å²) in [7, 11) is 1.52. The van der Waals surface area contributed by atoms with E-state index in [0.29, 0.717) is 13.0 Å². The number of hydrogen-bond donors (Lipinski definition) is 1. The Balaban J connectivity index is 1.79. The molecule has 0 saturated carbocycles. The number of benzene rings is 1. The van der Waals surface area contributed by atoms with Gasteiger partial charge in [-0.25, -0.2) is 0 Å². The molecule has 0 radical (unpaired) electrons. The highest BCUT2D eigenvalue weighted by Gasteiger charge is 2.48.